The zero-order chi connectivity index (χ0) is 8.85. The van der Waals surface area contributed by atoms with Crippen LogP contribution >= 0.6 is 0 Å². The van der Waals surface area contributed by atoms with Crippen LogP contribution in [0.25, 0.3) is 0 Å². The summed E-state index contributed by atoms with van der Waals surface area (Å²) < 4.78 is 0. The summed E-state index contributed by atoms with van der Waals surface area (Å²) in [7, 11) is 0. The number of hydrogen-bond acceptors (Lipinski definition) is 1. The Bertz CT molecular complexity index is 107. The van der Waals surface area contributed by atoms with Crippen LogP contribution in [0.5, 0.6) is 0 Å². The fraction of sp³-hybridized carbons (Fsp3) is 0.800. The van der Waals surface area contributed by atoms with E-state index in [-0.39, 0.29) is 6.10 Å². The largest absolute Gasteiger partial charge is 0.393 e. The molecular formula is C10H20O. The summed E-state index contributed by atoms with van der Waals surface area (Å²) in [5, 5.41) is 9.47. The van der Waals surface area contributed by atoms with E-state index in [1.807, 2.05) is 6.08 Å². The SMILES string of the molecule is C=C[C@@H](C)C[C@H](O)CC(C)C. The van der Waals surface area contributed by atoms with Crippen molar-refractivity contribution in [2.24, 2.45) is 11.8 Å². The molecule has 0 aliphatic rings. The molecule has 2 atom stereocenters. The van der Waals surface area contributed by atoms with Crippen LogP contribution in [0.2, 0.25) is 0 Å². The third-order valence-electron chi connectivity index (χ3n) is 1.79. The lowest BCUT2D eigenvalue weighted by Crippen LogP contribution is -2.13. The zero-order valence-electron chi connectivity index (χ0n) is 7.88. The van der Waals surface area contributed by atoms with Crippen LogP contribution in [0.15, 0.2) is 12.7 Å². The van der Waals surface area contributed by atoms with Crippen molar-refractivity contribution in [2.45, 2.75) is 39.7 Å². The van der Waals surface area contributed by atoms with Gasteiger partial charge in [-0.1, -0.05) is 26.8 Å². The molecule has 11 heavy (non-hydrogen) atoms. The van der Waals surface area contributed by atoms with E-state index in [4.69, 9.17) is 0 Å². The lowest BCUT2D eigenvalue weighted by atomic mass is 9.97. The molecule has 1 heteroatoms. The standard InChI is InChI=1S/C10H20O/c1-5-9(4)7-10(11)6-8(2)3/h5,8-11H,1,6-7H2,2-4H3/t9-,10-/m1/s1. The highest BCUT2D eigenvalue weighted by Crippen LogP contribution is 2.13. The van der Waals surface area contributed by atoms with E-state index < -0.39 is 0 Å². The Morgan fingerprint density at radius 1 is 1.27 bits per heavy atom. The van der Waals surface area contributed by atoms with Gasteiger partial charge in [-0.15, -0.1) is 6.58 Å². The minimum Gasteiger partial charge on any atom is -0.393 e. The Hall–Kier alpha value is -0.300. The van der Waals surface area contributed by atoms with Gasteiger partial charge >= 0.3 is 0 Å². The highest BCUT2D eigenvalue weighted by atomic mass is 16.3. The molecule has 0 radical (unpaired) electrons. The van der Waals surface area contributed by atoms with Crippen molar-refractivity contribution in [1.29, 1.82) is 0 Å². The van der Waals surface area contributed by atoms with E-state index in [0.29, 0.717) is 11.8 Å². The predicted octanol–water partition coefficient (Wildman–Crippen LogP) is 2.61. The van der Waals surface area contributed by atoms with Gasteiger partial charge in [0.15, 0.2) is 0 Å². The molecule has 0 spiro atoms. The first kappa shape index (κ1) is 10.7. The zero-order valence-corrected chi connectivity index (χ0v) is 7.88. The first-order valence-electron chi connectivity index (χ1n) is 4.36. The third-order valence-corrected chi connectivity index (χ3v) is 1.79. The minimum atomic E-state index is -0.150. The summed E-state index contributed by atoms with van der Waals surface area (Å²) in [6, 6.07) is 0. The van der Waals surface area contributed by atoms with Gasteiger partial charge in [0.1, 0.15) is 0 Å². The van der Waals surface area contributed by atoms with Crippen molar-refractivity contribution in [3.05, 3.63) is 12.7 Å². The van der Waals surface area contributed by atoms with Crippen molar-refractivity contribution in [3.63, 3.8) is 0 Å². The number of aliphatic hydroxyl groups is 1. The summed E-state index contributed by atoms with van der Waals surface area (Å²) in [4.78, 5) is 0. The van der Waals surface area contributed by atoms with Gasteiger partial charge in [0, 0.05) is 0 Å². The molecule has 0 aliphatic heterocycles. The maximum Gasteiger partial charge on any atom is 0.0548 e. The van der Waals surface area contributed by atoms with Crippen LogP contribution in [-0.4, -0.2) is 11.2 Å². The maximum atomic E-state index is 9.47. The molecule has 0 amide bonds. The second-order valence-electron chi connectivity index (χ2n) is 3.73. The summed E-state index contributed by atoms with van der Waals surface area (Å²) >= 11 is 0. The molecule has 0 aromatic heterocycles. The van der Waals surface area contributed by atoms with Crippen molar-refractivity contribution in [2.75, 3.05) is 0 Å². The van der Waals surface area contributed by atoms with Gasteiger partial charge in [-0.3, -0.25) is 0 Å². The van der Waals surface area contributed by atoms with Crippen LogP contribution in [0.1, 0.15) is 33.6 Å². The first-order valence-corrected chi connectivity index (χ1v) is 4.36. The summed E-state index contributed by atoms with van der Waals surface area (Å²) in [5.74, 6) is 1.02. The Labute approximate surface area is 70.1 Å². The van der Waals surface area contributed by atoms with Gasteiger partial charge in [0.2, 0.25) is 0 Å². The number of rotatable bonds is 5. The second-order valence-corrected chi connectivity index (χ2v) is 3.73. The predicted molar refractivity (Wildman–Crippen MR) is 49.4 cm³/mol. The van der Waals surface area contributed by atoms with Crippen LogP contribution in [0.3, 0.4) is 0 Å². The van der Waals surface area contributed by atoms with Crippen molar-refractivity contribution in [3.8, 4) is 0 Å². The van der Waals surface area contributed by atoms with Crippen LogP contribution < -0.4 is 0 Å². The number of aliphatic hydroxyl groups excluding tert-OH is 1. The fourth-order valence-corrected chi connectivity index (χ4v) is 1.17. The normalized spacial score (nSPS) is 16.5. The lowest BCUT2D eigenvalue weighted by Gasteiger charge is -2.14. The van der Waals surface area contributed by atoms with E-state index >= 15 is 0 Å². The van der Waals surface area contributed by atoms with Gasteiger partial charge in [-0.25, -0.2) is 0 Å². The molecule has 0 fully saturated rings. The van der Waals surface area contributed by atoms with Crippen LogP contribution in [0, 0.1) is 11.8 Å². The van der Waals surface area contributed by atoms with E-state index in [0.717, 1.165) is 12.8 Å². The highest BCUT2D eigenvalue weighted by molar-refractivity contribution is 4.77. The molecule has 0 rings (SSSR count). The molecule has 0 aromatic rings. The molecule has 0 bridgehead atoms. The van der Waals surface area contributed by atoms with Gasteiger partial charge in [0.25, 0.3) is 0 Å². The first-order chi connectivity index (χ1) is 5.06. The van der Waals surface area contributed by atoms with E-state index in [9.17, 15) is 5.11 Å². The Morgan fingerprint density at radius 3 is 2.18 bits per heavy atom. The van der Waals surface area contributed by atoms with E-state index in [1.54, 1.807) is 0 Å². The summed E-state index contributed by atoms with van der Waals surface area (Å²) in [6.45, 7) is 10.0. The molecule has 0 aromatic carbocycles. The van der Waals surface area contributed by atoms with Gasteiger partial charge in [-0.2, -0.15) is 0 Å². The van der Waals surface area contributed by atoms with Gasteiger partial charge in [0.05, 0.1) is 6.10 Å². The molecular weight excluding hydrogens is 136 g/mol. The summed E-state index contributed by atoms with van der Waals surface area (Å²) in [6.07, 6.45) is 3.49. The molecule has 0 heterocycles. The van der Waals surface area contributed by atoms with E-state index in [1.165, 1.54) is 0 Å². The smallest absolute Gasteiger partial charge is 0.0548 e. The molecule has 0 aliphatic carbocycles. The molecule has 0 saturated carbocycles. The van der Waals surface area contributed by atoms with Gasteiger partial charge in [-0.05, 0) is 24.7 Å². The average Bonchev–Trinajstić information content (AvgIpc) is 1.85. The van der Waals surface area contributed by atoms with E-state index in [2.05, 4.69) is 27.4 Å². The minimum absolute atomic E-state index is 0.150. The Morgan fingerprint density at radius 2 is 1.82 bits per heavy atom. The van der Waals surface area contributed by atoms with Gasteiger partial charge < -0.3 is 5.11 Å². The Kier molecular flexibility index (Phi) is 5.22. The molecule has 66 valence electrons. The molecule has 1 N–H and O–H groups in total. The third kappa shape index (κ3) is 6.11. The number of hydrogen-bond donors (Lipinski definition) is 1. The van der Waals surface area contributed by atoms with Crippen LogP contribution in [-0.2, 0) is 0 Å². The topological polar surface area (TPSA) is 20.2 Å². The van der Waals surface area contributed by atoms with Crippen LogP contribution in [0.4, 0.5) is 0 Å². The average molecular weight is 156 g/mol. The fourth-order valence-electron chi connectivity index (χ4n) is 1.17. The maximum absolute atomic E-state index is 9.47. The quantitative estimate of drug-likeness (QED) is 0.607. The van der Waals surface area contributed by atoms with Crippen molar-refractivity contribution >= 4 is 0 Å². The molecule has 0 unspecified atom stereocenters. The highest BCUT2D eigenvalue weighted by Gasteiger charge is 2.08. The van der Waals surface area contributed by atoms with Crippen molar-refractivity contribution in [1.82, 2.24) is 0 Å². The van der Waals surface area contributed by atoms with Crippen molar-refractivity contribution < 1.29 is 5.11 Å². The molecule has 0 saturated heterocycles. The monoisotopic (exact) mass is 156 g/mol. The second kappa shape index (κ2) is 5.36. The number of allylic oxidation sites excluding steroid dienone is 1. The summed E-state index contributed by atoms with van der Waals surface area (Å²) in [5.41, 5.74) is 0. The Balaban J connectivity index is 3.51. The lowest BCUT2D eigenvalue weighted by molar-refractivity contribution is 0.129. The molecule has 1 nitrogen and oxygen atoms in total.